The fourth-order valence-electron chi connectivity index (χ4n) is 10.1. The Kier molecular flexibility index (Phi) is 44.0. The maximum atomic E-state index is 13.3. The van der Waals surface area contributed by atoms with Crippen molar-refractivity contribution in [1.82, 2.24) is 5.32 Å². The number of aliphatic hydroxyl groups is 8. The third-order valence-corrected chi connectivity index (χ3v) is 15.1. The molecule has 2 fully saturated rings. The first-order valence-electron chi connectivity index (χ1n) is 30.9. The largest absolute Gasteiger partial charge is 0.394 e. The Hall–Kier alpha value is -2.05. The normalized spacial score (nSPS) is 25.2. The number of hydrogen-bond acceptors (Lipinski definition) is 13. The molecular formula is C62H113NO13. The highest BCUT2D eigenvalue weighted by Crippen LogP contribution is 2.30. The average molecular weight is 1080 g/mol. The molecule has 14 nitrogen and oxygen atoms in total. The second-order valence-corrected chi connectivity index (χ2v) is 21.8. The summed E-state index contributed by atoms with van der Waals surface area (Å²) in [5, 5.41) is 87.3. The van der Waals surface area contributed by atoms with Crippen LogP contribution >= 0.6 is 0 Å². The summed E-state index contributed by atoms with van der Waals surface area (Å²) in [6, 6.07) is -0.844. The van der Waals surface area contributed by atoms with Gasteiger partial charge >= 0.3 is 0 Å². The Balaban J connectivity index is 1.73. The van der Waals surface area contributed by atoms with Gasteiger partial charge in [0.15, 0.2) is 12.6 Å². The first-order valence-corrected chi connectivity index (χ1v) is 30.9. The van der Waals surface area contributed by atoms with Gasteiger partial charge in [0.2, 0.25) is 5.91 Å². The van der Waals surface area contributed by atoms with Crippen molar-refractivity contribution in [2.24, 2.45) is 0 Å². The molecular weight excluding hydrogens is 967 g/mol. The van der Waals surface area contributed by atoms with Crippen LogP contribution in [-0.4, -0.2) is 140 Å². The molecule has 0 saturated carbocycles. The molecule has 2 aliphatic rings. The number of allylic oxidation sites excluding steroid dienone is 8. The number of hydrogen-bond donors (Lipinski definition) is 9. The minimum absolute atomic E-state index is 0.229. The van der Waals surface area contributed by atoms with Gasteiger partial charge < -0.3 is 65.1 Å². The fraction of sp³-hybridized carbons (Fsp3) is 0.855. The van der Waals surface area contributed by atoms with Crippen LogP contribution in [0.4, 0.5) is 0 Å². The van der Waals surface area contributed by atoms with E-state index < -0.39 is 86.8 Å². The molecule has 0 bridgehead atoms. The topological polar surface area (TPSA) is 228 Å². The predicted molar refractivity (Wildman–Crippen MR) is 304 cm³/mol. The molecule has 0 aromatic carbocycles. The minimum atomic E-state index is -1.79. The molecule has 76 heavy (non-hydrogen) atoms. The molecule has 2 rings (SSSR count). The summed E-state index contributed by atoms with van der Waals surface area (Å²) in [6.07, 6.45) is 42.6. The van der Waals surface area contributed by atoms with Crippen LogP contribution in [0.5, 0.6) is 0 Å². The molecule has 0 aromatic rings. The van der Waals surface area contributed by atoms with Gasteiger partial charge in [0.1, 0.15) is 48.8 Å². The van der Waals surface area contributed by atoms with Crippen LogP contribution in [0.25, 0.3) is 0 Å². The van der Waals surface area contributed by atoms with E-state index in [1.165, 1.54) is 135 Å². The smallest absolute Gasteiger partial charge is 0.220 e. The molecule has 0 radical (unpaired) electrons. The van der Waals surface area contributed by atoms with Crippen LogP contribution in [0, 0.1) is 0 Å². The van der Waals surface area contributed by atoms with Gasteiger partial charge in [0, 0.05) is 6.42 Å². The van der Waals surface area contributed by atoms with Crippen LogP contribution in [0.2, 0.25) is 0 Å². The van der Waals surface area contributed by atoms with Crippen molar-refractivity contribution in [1.29, 1.82) is 0 Å². The molecule has 12 unspecified atom stereocenters. The fourth-order valence-corrected chi connectivity index (χ4v) is 10.1. The second kappa shape index (κ2) is 47.7. The summed E-state index contributed by atoms with van der Waals surface area (Å²) in [5.41, 5.74) is 0. The van der Waals surface area contributed by atoms with Crippen molar-refractivity contribution in [3.63, 3.8) is 0 Å². The number of aliphatic hydroxyl groups excluding tert-OH is 8. The zero-order valence-corrected chi connectivity index (χ0v) is 47.7. The maximum Gasteiger partial charge on any atom is 0.220 e. The lowest BCUT2D eigenvalue weighted by Crippen LogP contribution is -2.65. The van der Waals surface area contributed by atoms with Crippen molar-refractivity contribution < 1.29 is 64.6 Å². The van der Waals surface area contributed by atoms with Crippen LogP contribution in [0.15, 0.2) is 48.6 Å². The van der Waals surface area contributed by atoms with Crippen molar-refractivity contribution in [2.75, 3.05) is 19.8 Å². The van der Waals surface area contributed by atoms with Crippen LogP contribution in [0.1, 0.15) is 245 Å². The molecule has 1 amide bonds. The number of nitrogens with one attached hydrogen (secondary N) is 1. The molecule has 2 heterocycles. The molecule has 444 valence electrons. The number of carbonyl (C=O) groups excluding carboxylic acids is 1. The van der Waals surface area contributed by atoms with Crippen LogP contribution in [0.3, 0.4) is 0 Å². The standard InChI is InChI=1S/C62H113NO13/c1-3-5-7-9-11-13-15-17-19-21-22-23-24-25-26-27-28-30-31-33-35-37-39-41-43-45-51(66)50(63-54(67)46-44-42-40-38-36-34-32-29-20-18-16-14-12-10-8-6-4-2)49-73-61-59(72)57(70)60(53(48-65)75-61)76-62-58(71)56(69)55(68)52(47-64)74-62/h6,8,12,14,18,20,32,34,50-53,55-62,64-66,68-72H,3-5,7,9-11,13,15-17,19,21-31,33,35-49H2,1-2H3,(H,63,67)/b8-6-,14-12-,20-18-,34-32-. The zero-order chi connectivity index (χ0) is 55.3. The maximum absolute atomic E-state index is 13.3. The summed E-state index contributed by atoms with van der Waals surface area (Å²) in [4.78, 5) is 13.3. The summed E-state index contributed by atoms with van der Waals surface area (Å²) < 4.78 is 22.8. The van der Waals surface area contributed by atoms with E-state index in [-0.39, 0.29) is 18.9 Å². The van der Waals surface area contributed by atoms with Crippen molar-refractivity contribution in [3.05, 3.63) is 48.6 Å². The molecule has 0 aliphatic carbocycles. The SMILES string of the molecule is CC/C=C\C/C=C\C/C=C\C/C=C\CCCCCCC(=O)NC(COC1OC(CO)C(OC2OC(CO)C(O)C(O)C2O)C(O)C1O)C(O)CCCCCCCCCCCCCCCCCCCCCCCCCCC. The van der Waals surface area contributed by atoms with Crippen molar-refractivity contribution in [3.8, 4) is 0 Å². The molecule has 2 saturated heterocycles. The molecule has 2 aliphatic heterocycles. The van der Waals surface area contributed by atoms with Gasteiger partial charge in [-0.25, -0.2) is 0 Å². The van der Waals surface area contributed by atoms with Crippen molar-refractivity contribution >= 4 is 5.91 Å². The van der Waals surface area contributed by atoms with E-state index in [0.717, 1.165) is 77.0 Å². The summed E-state index contributed by atoms with van der Waals surface area (Å²) in [6.45, 7) is 2.75. The Bertz CT molecular complexity index is 1460. The molecule has 14 heteroatoms. The average Bonchev–Trinajstić information content (AvgIpc) is 3.42. The molecule has 0 aromatic heterocycles. The number of amides is 1. The van der Waals surface area contributed by atoms with E-state index in [0.29, 0.717) is 12.8 Å². The Morgan fingerprint density at radius 2 is 0.908 bits per heavy atom. The summed E-state index contributed by atoms with van der Waals surface area (Å²) in [5.74, 6) is -0.229. The lowest BCUT2D eigenvalue weighted by atomic mass is 9.97. The van der Waals surface area contributed by atoms with E-state index in [2.05, 4.69) is 67.8 Å². The van der Waals surface area contributed by atoms with E-state index in [1.54, 1.807) is 0 Å². The van der Waals surface area contributed by atoms with Crippen LogP contribution in [-0.2, 0) is 23.7 Å². The van der Waals surface area contributed by atoms with Gasteiger partial charge in [-0.2, -0.15) is 0 Å². The van der Waals surface area contributed by atoms with Gasteiger partial charge in [0.05, 0.1) is 32.0 Å². The first kappa shape index (κ1) is 70.1. The van der Waals surface area contributed by atoms with E-state index in [9.17, 15) is 45.6 Å². The third-order valence-electron chi connectivity index (χ3n) is 15.1. The number of rotatable bonds is 49. The molecule has 9 N–H and O–H groups in total. The summed E-state index contributed by atoms with van der Waals surface area (Å²) >= 11 is 0. The van der Waals surface area contributed by atoms with E-state index in [4.69, 9.17) is 18.9 Å². The Labute approximate surface area is 461 Å². The lowest BCUT2D eigenvalue weighted by molar-refractivity contribution is -0.359. The van der Waals surface area contributed by atoms with E-state index in [1.807, 2.05) is 0 Å². The first-order chi connectivity index (χ1) is 37.1. The van der Waals surface area contributed by atoms with Gasteiger partial charge in [0.25, 0.3) is 0 Å². The summed E-state index contributed by atoms with van der Waals surface area (Å²) in [7, 11) is 0. The second-order valence-electron chi connectivity index (χ2n) is 21.8. The van der Waals surface area contributed by atoms with E-state index >= 15 is 0 Å². The number of unbranched alkanes of at least 4 members (excludes halogenated alkanes) is 28. The number of ether oxygens (including phenoxy) is 4. The minimum Gasteiger partial charge on any atom is -0.394 e. The molecule has 12 atom stereocenters. The lowest BCUT2D eigenvalue weighted by Gasteiger charge is -2.46. The molecule has 0 spiro atoms. The van der Waals surface area contributed by atoms with Gasteiger partial charge in [-0.15, -0.1) is 0 Å². The number of carbonyl (C=O) groups is 1. The quantitative estimate of drug-likeness (QED) is 0.0204. The zero-order valence-electron chi connectivity index (χ0n) is 47.7. The highest BCUT2D eigenvalue weighted by molar-refractivity contribution is 5.76. The van der Waals surface area contributed by atoms with Gasteiger partial charge in [-0.3, -0.25) is 4.79 Å². The van der Waals surface area contributed by atoms with Gasteiger partial charge in [-0.1, -0.05) is 236 Å². The Morgan fingerprint density at radius 1 is 0.487 bits per heavy atom. The highest BCUT2D eigenvalue weighted by atomic mass is 16.7. The Morgan fingerprint density at radius 3 is 1.39 bits per heavy atom. The van der Waals surface area contributed by atoms with Gasteiger partial charge in [-0.05, 0) is 51.4 Å². The van der Waals surface area contributed by atoms with Crippen molar-refractivity contribution in [2.45, 2.75) is 319 Å². The predicted octanol–water partition coefficient (Wildman–Crippen LogP) is 10.8. The monoisotopic (exact) mass is 1080 g/mol. The van der Waals surface area contributed by atoms with Crippen LogP contribution < -0.4 is 5.32 Å². The third kappa shape index (κ3) is 32.9. The highest BCUT2D eigenvalue weighted by Gasteiger charge is 2.51.